The van der Waals surface area contributed by atoms with E-state index in [1.54, 1.807) is 49.5 Å². The van der Waals surface area contributed by atoms with Crippen LogP contribution >= 0.6 is 11.6 Å². The number of hydrogen-bond donors (Lipinski definition) is 0. The van der Waals surface area contributed by atoms with Crippen molar-refractivity contribution in [2.45, 2.75) is 13.5 Å². The lowest BCUT2D eigenvalue weighted by atomic mass is 10.0. The minimum atomic E-state index is -0.553. The van der Waals surface area contributed by atoms with Crippen LogP contribution in [0.5, 0.6) is 17.2 Å². The Morgan fingerprint density at radius 1 is 1.25 bits per heavy atom. The molecule has 0 aliphatic carbocycles. The number of aryl methyl sites for hydroxylation is 1. The van der Waals surface area contributed by atoms with Crippen molar-refractivity contribution in [1.82, 2.24) is 4.98 Å². The van der Waals surface area contributed by atoms with Crippen LogP contribution in [0.4, 0.5) is 0 Å². The van der Waals surface area contributed by atoms with Crippen LogP contribution < -0.4 is 14.2 Å². The highest BCUT2D eigenvalue weighted by atomic mass is 35.5. The largest absolute Gasteiger partial charge is 0.467 e. The number of carbonyl (C=O) groups excluding carboxylic acids is 2. The Morgan fingerprint density at radius 2 is 2.12 bits per heavy atom. The molecule has 0 saturated heterocycles. The van der Waals surface area contributed by atoms with E-state index < -0.39 is 5.97 Å². The van der Waals surface area contributed by atoms with Gasteiger partial charge in [0.2, 0.25) is 5.78 Å². The number of fused-ring (bicyclic) bond motifs is 2. The van der Waals surface area contributed by atoms with E-state index >= 15 is 0 Å². The predicted molar refractivity (Wildman–Crippen MR) is 115 cm³/mol. The third kappa shape index (κ3) is 3.72. The number of halogens is 1. The van der Waals surface area contributed by atoms with Gasteiger partial charge in [-0.3, -0.25) is 9.78 Å². The molecule has 7 nitrogen and oxygen atoms in total. The van der Waals surface area contributed by atoms with Crippen molar-refractivity contribution in [1.29, 1.82) is 0 Å². The summed E-state index contributed by atoms with van der Waals surface area (Å²) in [7, 11) is 0. The van der Waals surface area contributed by atoms with Crippen LogP contribution in [0.3, 0.4) is 0 Å². The van der Waals surface area contributed by atoms with E-state index in [0.29, 0.717) is 45.4 Å². The SMILES string of the molecule is Cc1cc(OC(=O)c2cccnc2)cc2c1C(=O)/C(=C/c1cc(Cl)cc3c1OCOC3)O2. The van der Waals surface area contributed by atoms with Gasteiger partial charge >= 0.3 is 5.97 Å². The zero-order chi connectivity index (χ0) is 22.2. The van der Waals surface area contributed by atoms with Gasteiger partial charge < -0.3 is 18.9 Å². The van der Waals surface area contributed by atoms with Gasteiger partial charge in [0.05, 0.1) is 17.7 Å². The number of pyridine rings is 1. The van der Waals surface area contributed by atoms with Crippen molar-refractivity contribution in [2.75, 3.05) is 6.79 Å². The van der Waals surface area contributed by atoms with Crippen molar-refractivity contribution < 1.29 is 28.5 Å². The lowest BCUT2D eigenvalue weighted by Crippen LogP contribution is -2.12. The number of ether oxygens (including phenoxy) is 4. The number of carbonyl (C=O) groups is 2. The van der Waals surface area contributed by atoms with Crippen LogP contribution in [0.1, 0.15) is 37.4 Å². The summed E-state index contributed by atoms with van der Waals surface area (Å²) in [5, 5.41) is 0.494. The van der Waals surface area contributed by atoms with Crippen LogP contribution in [0.2, 0.25) is 5.02 Å². The van der Waals surface area contributed by atoms with E-state index in [4.69, 9.17) is 30.5 Å². The molecule has 8 heteroatoms. The minimum Gasteiger partial charge on any atom is -0.467 e. The zero-order valence-electron chi connectivity index (χ0n) is 16.9. The number of hydrogen-bond acceptors (Lipinski definition) is 7. The summed E-state index contributed by atoms with van der Waals surface area (Å²) in [6.45, 7) is 2.24. The maximum Gasteiger partial charge on any atom is 0.345 e. The number of nitrogens with zero attached hydrogens (tertiary/aromatic N) is 1. The Kier molecular flexibility index (Phi) is 5.13. The fourth-order valence-corrected chi connectivity index (χ4v) is 3.89. The van der Waals surface area contributed by atoms with E-state index in [-0.39, 0.29) is 24.1 Å². The molecule has 3 heterocycles. The van der Waals surface area contributed by atoms with Gasteiger partial charge in [0.1, 0.15) is 17.2 Å². The molecule has 2 aliphatic rings. The zero-order valence-corrected chi connectivity index (χ0v) is 17.6. The summed E-state index contributed by atoms with van der Waals surface area (Å²) in [4.78, 5) is 29.3. The van der Waals surface area contributed by atoms with Crippen molar-refractivity contribution in [3.05, 3.63) is 87.4 Å². The summed E-state index contributed by atoms with van der Waals surface area (Å²) >= 11 is 6.22. The van der Waals surface area contributed by atoms with Gasteiger partial charge in [-0.1, -0.05) is 11.6 Å². The highest BCUT2D eigenvalue weighted by Crippen LogP contribution is 2.39. The maximum atomic E-state index is 13.0. The highest BCUT2D eigenvalue weighted by Gasteiger charge is 2.31. The minimum absolute atomic E-state index is 0.116. The van der Waals surface area contributed by atoms with E-state index in [1.807, 2.05) is 0 Å². The van der Waals surface area contributed by atoms with Crippen LogP contribution in [0.15, 0.2) is 54.6 Å². The molecule has 2 aliphatic heterocycles. The summed E-state index contributed by atoms with van der Waals surface area (Å²) in [5.41, 5.74) is 2.77. The molecule has 0 N–H and O–H groups in total. The summed E-state index contributed by atoms with van der Waals surface area (Å²) in [5.74, 6) is 0.479. The Bertz CT molecular complexity index is 1290. The molecule has 32 heavy (non-hydrogen) atoms. The van der Waals surface area contributed by atoms with Crippen LogP contribution in [-0.4, -0.2) is 23.5 Å². The highest BCUT2D eigenvalue weighted by molar-refractivity contribution is 6.31. The normalized spacial score (nSPS) is 15.6. The van der Waals surface area contributed by atoms with Gasteiger partial charge in [0.25, 0.3) is 0 Å². The van der Waals surface area contributed by atoms with Gasteiger partial charge in [-0.25, -0.2) is 4.79 Å². The smallest absolute Gasteiger partial charge is 0.345 e. The number of ketones is 1. The van der Waals surface area contributed by atoms with Crippen LogP contribution in [0, 0.1) is 6.92 Å². The monoisotopic (exact) mass is 449 g/mol. The third-order valence-corrected chi connectivity index (χ3v) is 5.26. The molecule has 5 rings (SSSR count). The summed E-state index contributed by atoms with van der Waals surface area (Å²) < 4.78 is 22.2. The Labute approximate surface area is 188 Å². The fourth-order valence-electron chi connectivity index (χ4n) is 3.64. The second-order valence-corrected chi connectivity index (χ2v) is 7.71. The molecule has 1 aromatic heterocycles. The van der Waals surface area contributed by atoms with E-state index in [2.05, 4.69) is 4.98 Å². The molecular weight excluding hydrogens is 434 g/mol. The molecule has 0 atom stereocenters. The van der Waals surface area contributed by atoms with Crippen molar-refractivity contribution >= 4 is 29.4 Å². The molecular formula is C24H16ClNO6. The average Bonchev–Trinajstić information content (AvgIpc) is 3.09. The maximum absolute atomic E-state index is 13.0. The number of allylic oxidation sites excluding steroid dienone is 1. The second-order valence-electron chi connectivity index (χ2n) is 7.28. The molecule has 0 radical (unpaired) electrons. The van der Waals surface area contributed by atoms with Crippen LogP contribution in [0.25, 0.3) is 6.08 Å². The van der Waals surface area contributed by atoms with Gasteiger partial charge in [-0.15, -0.1) is 0 Å². The summed E-state index contributed by atoms with van der Waals surface area (Å²) in [6, 6.07) is 9.86. The van der Waals surface area contributed by atoms with Crippen molar-refractivity contribution in [3.63, 3.8) is 0 Å². The molecule has 0 bridgehead atoms. The first-order valence-corrected chi connectivity index (χ1v) is 10.1. The van der Waals surface area contributed by atoms with Gasteiger partial charge in [0.15, 0.2) is 12.6 Å². The molecule has 0 saturated carbocycles. The quantitative estimate of drug-likeness (QED) is 0.324. The van der Waals surface area contributed by atoms with Crippen molar-refractivity contribution in [3.8, 4) is 17.2 Å². The predicted octanol–water partition coefficient (Wildman–Crippen LogP) is 4.75. The van der Waals surface area contributed by atoms with Gasteiger partial charge in [0, 0.05) is 34.6 Å². The molecule has 0 unspecified atom stereocenters. The second kappa shape index (κ2) is 8.11. The molecule has 0 fully saturated rings. The van der Waals surface area contributed by atoms with E-state index in [1.165, 1.54) is 12.3 Å². The number of Topliss-reactive ketones (excluding diaryl/α,β-unsaturated/α-hetero) is 1. The number of benzene rings is 2. The lowest BCUT2D eigenvalue weighted by molar-refractivity contribution is -0.0165. The lowest BCUT2D eigenvalue weighted by Gasteiger charge is -2.20. The molecule has 2 aromatic carbocycles. The molecule has 0 amide bonds. The van der Waals surface area contributed by atoms with Gasteiger partial charge in [-0.05, 0) is 48.9 Å². The summed E-state index contributed by atoms with van der Waals surface area (Å²) in [6.07, 6.45) is 4.58. The first-order chi connectivity index (χ1) is 15.5. The molecule has 3 aromatic rings. The van der Waals surface area contributed by atoms with Gasteiger partial charge in [-0.2, -0.15) is 0 Å². The average molecular weight is 450 g/mol. The van der Waals surface area contributed by atoms with E-state index in [0.717, 1.165) is 5.56 Å². The topological polar surface area (TPSA) is 84.0 Å². The fraction of sp³-hybridized carbons (Fsp3) is 0.125. The number of rotatable bonds is 3. The van der Waals surface area contributed by atoms with E-state index in [9.17, 15) is 9.59 Å². The number of aromatic nitrogens is 1. The Balaban J connectivity index is 1.46. The Morgan fingerprint density at radius 3 is 2.94 bits per heavy atom. The first-order valence-electron chi connectivity index (χ1n) is 9.73. The standard InChI is InChI=1S/C24H16ClNO6/c1-13-5-18(31-24(28)14-3-2-4-26-10-14)9-19-21(13)22(27)20(32-19)8-15-6-17(25)7-16-11-29-12-30-23(15)16/h2-10H,11-12H2,1H3/b20-8-. The Hall–Kier alpha value is -3.68. The molecule has 0 spiro atoms. The number of esters is 1. The first kappa shape index (κ1) is 20.2. The van der Waals surface area contributed by atoms with Crippen LogP contribution in [-0.2, 0) is 11.3 Å². The molecule has 160 valence electrons. The third-order valence-electron chi connectivity index (χ3n) is 5.04. The van der Waals surface area contributed by atoms with Crippen molar-refractivity contribution in [2.24, 2.45) is 0 Å².